The van der Waals surface area contributed by atoms with Gasteiger partial charge in [-0.25, -0.2) is 0 Å². The van der Waals surface area contributed by atoms with Crippen LogP contribution < -0.4 is 10.2 Å². The molecule has 0 saturated carbocycles. The molecular formula is C15H22NO5PS. The quantitative estimate of drug-likeness (QED) is 0.505. The summed E-state index contributed by atoms with van der Waals surface area (Å²) in [6, 6.07) is 7.50. The lowest BCUT2D eigenvalue weighted by Gasteiger charge is -2.17. The number of hydrogen-bond donors (Lipinski definition) is 2. The first-order valence-corrected chi connectivity index (χ1v) is 9.99. The molecule has 1 aromatic carbocycles. The standard InChI is InChI=1S/C15H22NO5PS/c1-4-20-22(18,21-5-2)10-19-13-6-7-14-12(8-13)9-15(23-14)11(3)16-17/h6-9,11,16-17H,4-5,10H2,1-3H3. The molecule has 128 valence electrons. The largest absolute Gasteiger partial charge is 0.481 e. The molecular weight excluding hydrogens is 337 g/mol. The minimum atomic E-state index is -3.22. The third-order valence-corrected chi connectivity index (χ3v) is 6.22. The van der Waals surface area contributed by atoms with E-state index in [0.717, 1.165) is 15.0 Å². The van der Waals surface area contributed by atoms with Gasteiger partial charge in [-0.2, -0.15) is 5.48 Å². The Labute approximate surface area is 139 Å². The molecule has 2 rings (SSSR count). The van der Waals surface area contributed by atoms with E-state index in [-0.39, 0.29) is 12.4 Å². The lowest BCUT2D eigenvalue weighted by atomic mass is 10.2. The average molecular weight is 359 g/mol. The summed E-state index contributed by atoms with van der Waals surface area (Å²) >= 11 is 1.60. The molecule has 23 heavy (non-hydrogen) atoms. The fourth-order valence-electron chi connectivity index (χ4n) is 2.07. The van der Waals surface area contributed by atoms with Crippen molar-refractivity contribution in [2.24, 2.45) is 0 Å². The van der Waals surface area contributed by atoms with E-state index in [2.05, 4.69) is 5.48 Å². The van der Waals surface area contributed by atoms with Gasteiger partial charge in [0.1, 0.15) is 5.75 Å². The maximum absolute atomic E-state index is 12.4. The number of nitrogens with one attached hydrogen (secondary N) is 1. The number of benzene rings is 1. The van der Waals surface area contributed by atoms with E-state index in [1.807, 2.05) is 31.2 Å². The topological polar surface area (TPSA) is 77.0 Å². The second kappa shape index (κ2) is 8.24. The maximum Gasteiger partial charge on any atom is 0.367 e. The summed E-state index contributed by atoms with van der Waals surface area (Å²) < 4.78 is 29.5. The number of fused-ring (bicyclic) bond motifs is 1. The third kappa shape index (κ3) is 4.76. The molecule has 0 radical (unpaired) electrons. The fourth-order valence-corrected chi connectivity index (χ4v) is 4.43. The molecule has 0 saturated heterocycles. The van der Waals surface area contributed by atoms with Crippen molar-refractivity contribution in [3.63, 3.8) is 0 Å². The first-order chi connectivity index (χ1) is 11.0. The Morgan fingerprint density at radius 1 is 1.26 bits per heavy atom. The van der Waals surface area contributed by atoms with Gasteiger partial charge in [0, 0.05) is 9.58 Å². The molecule has 0 amide bonds. The molecule has 1 aromatic heterocycles. The third-order valence-electron chi connectivity index (χ3n) is 3.17. The SMILES string of the molecule is CCOP(=O)(COc1ccc2sc(C(C)NO)cc2c1)OCC. The van der Waals surface area contributed by atoms with Gasteiger partial charge in [-0.3, -0.25) is 4.57 Å². The molecule has 2 N–H and O–H groups in total. The Bertz CT molecular complexity index is 680. The monoisotopic (exact) mass is 359 g/mol. The summed E-state index contributed by atoms with van der Waals surface area (Å²) in [6.45, 7) is 6.02. The van der Waals surface area contributed by atoms with Crippen LogP contribution in [0.4, 0.5) is 0 Å². The van der Waals surface area contributed by atoms with Crippen LogP contribution in [0.15, 0.2) is 24.3 Å². The van der Waals surface area contributed by atoms with Gasteiger partial charge in [0.2, 0.25) is 0 Å². The highest BCUT2D eigenvalue weighted by Gasteiger charge is 2.24. The predicted molar refractivity (Wildman–Crippen MR) is 91.5 cm³/mol. The van der Waals surface area contributed by atoms with Crippen LogP contribution in [-0.4, -0.2) is 24.8 Å². The molecule has 0 spiro atoms. The van der Waals surface area contributed by atoms with E-state index in [1.165, 1.54) is 0 Å². The Hall–Kier alpha value is -0.950. The van der Waals surface area contributed by atoms with Gasteiger partial charge >= 0.3 is 7.60 Å². The van der Waals surface area contributed by atoms with E-state index in [9.17, 15) is 4.57 Å². The van der Waals surface area contributed by atoms with Crippen molar-refractivity contribution in [2.75, 3.05) is 19.6 Å². The lowest BCUT2D eigenvalue weighted by molar-refractivity contribution is 0.135. The molecule has 1 heterocycles. The van der Waals surface area contributed by atoms with Gasteiger partial charge < -0.3 is 19.0 Å². The molecule has 1 unspecified atom stereocenters. The van der Waals surface area contributed by atoms with Gasteiger partial charge in [0.15, 0.2) is 6.35 Å². The van der Waals surface area contributed by atoms with Crippen LogP contribution in [0.2, 0.25) is 0 Å². The fraction of sp³-hybridized carbons (Fsp3) is 0.467. The van der Waals surface area contributed by atoms with Gasteiger partial charge in [-0.05, 0) is 50.4 Å². The molecule has 2 aromatic rings. The first kappa shape index (κ1) is 18.4. The molecule has 0 aliphatic rings. The summed E-state index contributed by atoms with van der Waals surface area (Å²) in [5, 5.41) is 10.0. The summed E-state index contributed by atoms with van der Waals surface area (Å²) in [7, 11) is -3.22. The van der Waals surface area contributed by atoms with Gasteiger partial charge in [-0.15, -0.1) is 11.3 Å². The van der Waals surface area contributed by atoms with E-state index < -0.39 is 7.60 Å². The van der Waals surface area contributed by atoms with Gasteiger partial charge in [0.05, 0.1) is 19.3 Å². The Kier molecular flexibility index (Phi) is 6.59. The lowest BCUT2D eigenvalue weighted by Crippen LogP contribution is -2.11. The number of rotatable bonds is 9. The second-order valence-electron chi connectivity index (χ2n) is 4.92. The van der Waals surface area contributed by atoms with Crippen LogP contribution in [0.25, 0.3) is 10.1 Å². The van der Waals surface area contributed by atoms with Crippen LogP contribution in [0, 0.1) is 0 Å². The molecule has 6 nitrogen and oxygen atoms in total. The number of hydrogen-bond acceptors (Lipinski definition) is 7. The van der Waals surface area contributed by atoms with E-state index >= 15 is 0 Å². The van der Waals surface area contributed by atoms with Crippen molar-refractivity contribution in [3.8, 4) is 5.75 Å². The van der Waals surface area contributed by atoms with Gasteiger partial charge in [0.25, 0.3) is 0 Å². The zero-order valence-electron chi connectivity index (χ0n) is 13.4. The van der Waals surface area contributed by atoms with Crippen LogP contribution in [0.5, 0.6) is 5.75 Å². The summed E-state index contributed by atoms with van der Waals surface area (Å²) in [4.78, 5) is 1.02. The first-order valence-electron chi connectivity index (χ1n) is 7.45. The van der Waals surface area contributed by atoms with Gasteiger partial charge in [-0.1, -0.05) is 0 Å². The minimum Gasteiger partial charge on any atom is -0.481 e. The number of thiophene rings is 1. The van der Waals surface area contributed by atoms with Crippen molar-refractivity contribution in [1.29, 1.82) is 0 Å². The minimum absolute atomic E-state index is 0.119. The predicted octanol–water partition coefficient (Wildman–Crippen LogP) is 4.54. The Morgan fingerprint density at radius 3 is 2.57 bits per heavy atom. The van der Waals surface area contributed by atoms with Crippen LogP contribution >= 0.6 is 18.9 Å². The normalized spacial score (nSPS) is 13.4. The Morgan fingerprint density at radius 2 is 1.96 bits per heavy atom. The van der Waals surface area contributed by atoms with Crippen LogP contribution in [0.3, 0.4) is 0 Å². The van der Waals surface area contributed by atoms with E-state index in [1.54, 1.807) is 25.2 Å². The average Bonchev–Trinajstić information content (AvgIpc) is 2.96. The molecule has 1 atom stereocenters. The summed E-state index contributed by atoms with van der Waals surface area (Å²) in [5.41, 5.74) is 2.24. The highest BCUT2D eigenvalue weighted by atomic mass is 32.1. The highest BCUT2D eigenvalue weighted by Crippen LogP contribution is 2.48. The van der Waals surface area contributed by atoms with Crippen molar-refractivity contribution < 1.29 is 23.6 Å². The van der Waals surface area contributed by atoms with E-state index in [0.29, 0.717) is 19.0 Å². The van der Waals surface area contributed by atoms with Crippen molar-refractivity contribution in [2.45, 2.75) is 26.8 Å². The molecule has 0 bridgehead atoms. The number of ether oxygens (including phenoxy) is 1. The zero-order valence-corrected chi connectivity index (χ0v) is 15.2. The summed E-state index contributed by atoms with van der Waals surface area (Å²) in [5.74, 6) is 0.603. The van der Waals surface area contributed by atoms with Crippen LogP contribution in [-0.2, 0) is 13.6 Å². The van der Waals surface area contributed by atoms with Crippen molar-refractivity contribution in [3.05, 3.63) is 29.1 Å². The molecule has 0 aliphatic carbocycles. The second-order valence-corrected chi connectivity index (χ2v) is 8.03. The van der Waals surface area contributed by atoms with Crippen molar-refractivity contribution >= 4 is 29.0 Å². The summed E-state index contributed by atoms with van der Waals surface area (Å²) in [6.07, 6.45) is -0.119. The molecule has 0 aliphatic heterocycles. The smallest absolute Gasteiger partial charge is 0.367 e. The Balaban J connectivity index is 2.12. The molecule has 8 heteroatoms. The van der Waals surface area contributed by atoms with Crippen molar-refractivity contribution in [1.82, 2.24) is 5.48 Å². The van der Waals surface area contributed by atoms with Crippen LogP contribution in [0.1, 0.15) is 31.7 Å². The number of hydroxylamine groups is 1. The zero-order chi connectivity index (χ0) is 16.9. The maximum atomic E-state index is 12.4. The highest BCUT2D eigenvalue weighted by molar-refractivity contribution is 7.53. The van der Waals surface area contributed by atoms with E-state index in [4.69, 9.17) is 19.0 Å². The molecule has 0 fully saturated rings.